The molecule has 0 heterocycles. The van der Waals surface area contributed by atoms with Gasteiger partial charge in [0, 0.05) is 31.4 Å². The third-order valence-electron chi connectivity index (χ3n) is 2.92. The van der Waals surface area contributed by atoms with Crippen LogP contribution < -0.4 is 10.6 Å². The van der Waals surface area contributed by atoms with Crippen molar-refractivity contribution in [1.29, 1.82) is 0 Å². The van der Waals surface area contributed by atoms with Crippen LogP contribution in [0.5, 0.6) is 0 Å². The topological polar surface area (TPSA) is 72.4 Å². The molecule has 0 unspecified atom stereocenters. The van der Waals surface area contributed by atoms with Crippen molar-refractivity contribution in [2.45, 2.75) is 20.8 Å². The van der Waals surface area contributed by atoms with Crippen molar-refractivity contribution in [1.82, 2.24) is 0 Å². The first-order chi connectivity index (χ1) is 8.25. The Balaban J connectivity index is 2.99. The van der Waals surface area contributed by atoms with Gasteiger partial charge >= 0.3 is 0 Å². The number of nitrogens with two attached hydrogens (primary N) is 1. The van der Waals surface area contributed by atoms with Gasteiger partial charge < -0.3 is 10.6 Å². The molecule has 5 nitrogen and oxygen atoms in total. The summed E-state index contributed by atoms with van der Waals surface area (Å²) < 4.78 is 0. The molecule has 0 bridgehead atoms. The Morgan fingerprint density at radius 1 is 1.39 bits per heavy atom. The summed E-state index contributed by atoms with van der Waals surface area (Å²) in [4.78, 5) is 12.5. The Morgan fingerprint density at radius 2 is 2.00 bits per heavy atom. The maximum atomic E-state index is 10.8. The van der Waals surface area contributed by atoms with E-state index in [2.05, 4.69) is 13.8 Å². The van der Waals surface area contributed by atoms with Gasteiger partial charge in [0.15, 0.2) is 0 Å². The summed E-state index contributed by atoms with van der Waals surface area (Å²) in [5.41, 5.74) is 7.55. The van der Waals surface area contributed by atoms with Crippen LogP contribution in [0, 0.1) is 22.5 Å². The minimum atomic E-state index is -0.363. The van der Waals surface area contributed by atoms with Gasteiger partial charge in [-0.1, -0.05) is 13.8 Å². The van der Waals surface area contributed by atoms with E-state index >= 15 is 0 Å². The van der Waals surface area contributed by atoms with E-state index in [1.54, 1.807) is 12.1 Å². The molecule has 1 rings (SSSR count). The van der Waals surface area contributed by atoms with Crippen molar-refractivity contribution in [2.24, 2.45) is 11.1 Å². The molecule has 1 aromatic rings. The Hall–Kier alpha value is -1.62. The van der Waals surface area contributed by atoms with Gasteiger partial charge in [0.05, 0.1) is 4.92 Å². The normalized spacial score (nSPS) is 11.4. The maximum Gasteiger partial charge on any atom is 0.271 e. The van der Waals surface area contributed by atoms with Crippen LogP contribution in [0.4, 0.5) is 11.4 Å². The monoisotopic (exact) mass is 251 g/mol. The summed E-state index contributed by atoms with van der Waals surface area (Å²) in [6, 6.07) is 5.12. The summed E-state index contributed by atoms with van der Waals surface area (Å²) in [5, 5.41) is 10.8. The van der Waals surface area contributed by atoms with E-state index in [0.717, 1.165) is 17.8 Å². The second-order valence-electron chi connectivity index (χ2n) is 5.51. The van der Waals surface area contributed by atoms with E-state index in [1.165, 1.54) is 0 Å². The molecule has 0 aromatic heterocycles. The highest BCUT2D eigenvalue weighted by Crippen LogP contribution is 2.25. The van der Waals surface area contributed by atoms with Crippen LogP contribution in [0.3, 0.4) is 0 Å². The summed E-state index contributed by atoms with van der Waals surface area (Å²) in [6.07, 6.45) is 0. The molecule has 18 heavy (non-hydrogen) atoms. The van der Waals surface area contributed by atoms with Crippen molar-refractivity contribution in [3.05, 3.63) is 33.9 Å². The van der Waals surface area contributed by atoms with Crippen molar-refractivity contribution in [3.63, 3.8) is 0 Å². The smallest absolute Gasteiger partial charge is 0.271 e. The molecule has 0 radical (unpaired) electrons. The molecular weight excluding hydrogens is 230 g/mol. The number of nitro groups is 1. The van der Waals surface area contributed by atoms with Gasteiger partial charge in [0.1, 0.15) is 0 Å². The van der Waals surface area contributed by atoms with Crippen LogP contribution in [-0.4, -0.2) is 25.1 Å². The van der Waals surface area contributed by atoms with E-state index < -0.39 is 0 Å². The van der Waals surface area contributed by atoms with Gasteiger partial charge in [-0.3, -0.25) is 10.1 Å². The predicted molar refractivity (Wildman–Crippen MR) is 73.9 cm³/mol. The molecule has 0 atom stereocenters. The minimum absolute atomic E-state index is 0.0206. The second-order valence-corrected chi connectivity index (χ2v) is 5.51. The molecule has 0 aliphatic heterocycles. The second kappa shape index (κ2) is 5.35. The van der Waals surface area contributed by atoms with E-state index in [1.807, 2.05) is 24.9 Å². The number of rotatable bonds is 5. The Morgan fingerprint density at radius 3 is 2.50 bits per heavy atom. The highest BCUT2D eigenvalue weighted by atomic mass is 16.6. The van der Waals surface area contributed by atoms with E-state index in [0.29, 0.717) is 6.54 Å². The summed E-state index contributed by atoms with van der Waals surface area (Å²) in [5.74, 6) is 0. The Bertz CT molecular complexity index is 444. The van der Waals surface area contributed by atoms with Gasteiger partial charge in [-0.25, -0.2) is 0 Å². The fourth-order valence-electron chi connectivity index (χ4n) is 1.87. The lowest BCUT2D eigenvalue weighted by Crippen LogP contribution is -2.36. The number of hydrogen-bond donors (Lipinski definition) is 1. The quantitative estimate of drug-likeness (QED) is 0.644. The summed E-state index contributed by atoms with van der Waals surface area (Å²) in [6.45, 7) is 7.34. The minimum Gasteiger partial charge on any atom is -0.374 e. The number of nitrogens with zero attached hydrogens (tertiary/aromatic N) is 2. The third-order valence-corrected chi connectivity index (χ3v) is 2.92. The Kier molecular flexibility index (Phi) is 4.29. The van der Waals surface area contributed by atoms with Crippen LogP contribution >= 0.6 is 0 Å². The molecule has 0 aliphatic carbocycles. The fraction of sp³-hybridized carbons (Fsp3) is 0.538. The van der Waals surface area contributed by atoms with Crippen LogP contribution in [0.1, 0.15) is 19.4 Å². The molecule has 2 N–H and O–H groups in total. The highest BCUT2D eigenvalue weighted by molar-refractivity contribution is 5.55. The van der Waals surface area contributed by atoms with Crippen LogP contribution in [0.2, 0.25) is 0 Å². The van der Waals surface area contributed by atoms with Gasteiger partial charge in [0.2, 0.25) is 0 Å². The maximum absolute atomic E-state index is 10.8. The zero-order valence-corrected chi connectivity index (χ0v) is 11.4. The standard InChI is InChI=1S/C13H21N3O2/c1-10-5-11(7-12(6-10)16(17)18)15(4)9-13(2,3)8-14/h5-7H,8-9,14H2,1-4H3. The molecule has 0 spiro atoms. The Labute approximate surface area is 108 Å². The molecule has 0 saturated carbocycles. The van der Waals surface area contributed by atoms with E-state index in [-0.39, 0.29) is 16.0 Å². The third kappa shape index (κ3) is 3.70. The number of anilines is 1. The average Bonchev–Trinajstić information content (AvgIpc) is 2.27. The summed E-state index contributed by atoms with van der Waals surface area (Å²) in [7, 11) is 1.93. The molecule has 5 heteroatoms. The van der Waals surface area contributed by atoms with Gasteiger partial charge in [0.25, 0.3) is 5.69 Å². The first-order valence-electron chi connectivity index (χ1n) is 5.92. The van der Waals surface area contributed by atoms with Crippen molar-refractivity contribution >= 4 is 11.4 Å². The van der Waals surface area contributed by atoms with Crippen molar-refractivity contribution < 1.29 is 4.92 Å². The lowest BCUT2D eigenvalue weighted by molar-refractivity contribution is -0.384. The lowest BCUT2D eigenvalue weighted by Gasteiger charge is -2.30. The number of non-ortho nitro benzene ring substituents is 1. The molecule has 0 saturated heterocycles. The molecule has 1 aromatic carbocycles. The van der Waals surface area contributed by atoms with Gasteiger partial charge in [-0.05, 0) is 30.5 Å². The number of aryl methyl sites for hydroxylation is 1. The molecule has 100 valence electrons. The van der Waals surface area contributed by atoms with Crippen LogP contribution in [0.25, 0.3) is 0 Å². The largest absolute Gasteiger partial charge is 0.374 e. The molecule has 0 aliphatic rings. The summed E-state index contributed by atoms with van der Waals surface area (Å²) >= 11 is 0. The first kappa shape index (κ1) is 14.4. The van der Waals surface area contributed by atoms with Crippen LogP contribution in [0.15, 0.2) is 18.2 Å². The van der Waals surface area contributed by atoms with E-state index in [4.69, 9.17) is 5.73 Å². The van der Waals surface area contributed by atoms with Crippen LogP contribution in [-0.2, 0) is 0 Å². The SMILES string of the molecule is Cc1cc(N(C)CC(C)(C)CN)cc([N+](=O)[O-])c1. The molecule has 0 amide bonds. The van der Waals surface area contributed by atoms with Gasteiger partial charge in [-0.2, -0.15) is 0 Å². The first-order valence-corrected chi connectivity index (χ1v) is 5.92. The fourth-order valence-corrected chi connectivity index (χ4v) is 1.87. The lowest BCUT2D eigenvalue weighted by atomic mass is 9.93. The zero-order chi connectivity index (χ0) is 13.9. The zero-order valence-electron chi connectivity index (χ0n) is 11.4. The number of hydrogen-bond acceptors (Lipinski definition) is 4. The number of benzene rings is 1. The van der Waals surface area contributed by atoms with Gasteiger partial charge in [-0.15, -0.1) is 0 Å². The predicted octanol–water partition coefficient (Wildman–Crippen LogP) is 2.32. The molecule has 0 fully saturated rings. The average molecular weight is 251 g/mol. The van der Waals surface area contributed by atoms with E-state index in [9.17, 15) is 10.1 Å². The molecular formula is C13H21N3O2. The highest BCUT2D eigenvalue weighted by Gasteiger charge is 2.19. The van der Waals surface area contributed by atoms with Crippen molar-refractivity contribution in [2.75, 3.05) is 25.0 Å². The number of nitro benzene ring substituents is 1. The van der Waals surface area contributed by atoms with Crippen molar-refractivity contribution in [3.8, 4) is 0 Å².